The summed E-state index contributed by atoms with van der Waals surface area (Å²) in [6.45, 7) is 0. The Hall–Kier alpha value is -3.48. The molecule has 0 spiro atoms. The topological polar surface area (TPSA) is 101 Å². The van der Waals surface area contributed by atoms with Gasteiger partial charge in [-0.05, 0) is 48.2 Å². The van der Waals surface area contributed by atoms with Gasteiger partial charge in [0.25, 0.3) is 11.5 Å². The van der Waals surface area contributed by atoms with Crippen LogP contribution in [0.4, 0.5) is 0 Å². The summed E-state index contributed by atoms with van der Waals surface area (Å²) in [5, 5.41) is 13.8. The zero-order valence-electron chi connectivity index (χ0n) is 15.5. The van der Waals surface area contributed by atoms with E-state index in [0.717, 1.165) is 17.5 Å². The molecule has 0 bridgehead atoms. The molecule has 1 amide bonds. The second kappa shape index (κ2) is 6.92. The maximum absolute atomic E-state index is 12.8. The van der Waals surface area contributed by atoms with Crippen LogP contribution in [0.3, 0.4) is 0 Å². The molecule has 0 saturated carbocycles. The van der Waals surface area contributed by atoms with Crippen molar-refractivity contribution < 1.29 is 19.4 Å². The van der Waals surface area contributed by atoms with Gasteiger partial charge in [0, 0.05) is 5.39 Å². The number of rotatable bonds is 4. The molecule has 3 aromatic rings. The lowest BCUT2D eigenvalue weighted by atomic mass is 10.1. The number of aromatic amines is 1. The van der Waals surface area contributed by atoms with E-state index in [-0.39, 0.29) is 17.4 Å². The lowest BCUT2D eigenvalue weighted by Crippen LogP contribution is -2.32. The van der Waals surface area contributed by atoms with Gasteiger partial charge in [-0.25, -0.2) is 0 Å². The largest absolute Gasteiger partial charge is 0.506 e. The number of para-hydroxylation sites is 1. The Kier molecular flexibility index (Phi) is 4.43. The molecule has 28 heavy (non-hydrogen) atoms. The van der Waals surface area contributed by atoms with Crippen LogP contribution in [-0.2, 0) is 6.42 Å². The highest BCUT2D eigenvalue weighted by Gasteiger charge is 2.28. The molecular weight excluding hydrogens is 360 g/mol. The molecule has 1 aromatic heterocycles. The van der Waals surface area contributed by atoms with E-state index in [1.165, 1.54) is 0 Å². The van der Waals surface area contributed by atoms with Gasteiger partial charge >= 0.3 is 0 Å². The van der Waals surface area contributed by atoms with Crippen molar-refractivity contribution in [1.29, 1.82) is 0 Å². The monoisotopic (exact) mass is 380 g/mol. The smallest absolute Gasteiger partial charge is 0.265 e. The number of aryl methyl sites for hydroxylation is 1. The van der Waals surface area contributed by atoms with Crippen LogP contribution in [0.2, 0.25) is 0 Å². The van der Waals surface area contributed by atoms with Crippen molar-refractivity contribution in [2.45, 2.75) is 18.9 Å². The van der Waals surface area contributed by atoms with Crippen LogP contribution in [0, 0.1) is 0 Å². The summed E-state index contributed by atoms with van der Waals surface area (Å²) >= 11 is 0. The zero-order chi connectivity index (χ0) is 19.8. The second-order valence-electron chi connectivity index (χ2n) is 6.69. The highest BCUT2D eigenvalue weighted by molar-refractivity contribution is 6.02. The summed E-state index contributed by atoms with van der Waals surface area (Å²) < 4.78 is 10.7. The van der Waals surface area contributed by atoms with Crippen LogP contribution in [0.25, 0.3) is 10.9 Å². The van der Waals surface area contributed by atoms with Gasteiger partial charge in [-0.15, -0.1) is 0 Å². The number of aromatic nitrogens is 1. The van der Waals surface area contributed by atoms with E-state index in [1.807, 2.05) is 12.1 Å². The van der Waals surface area contributed by atoms with Gasteiger partial charge in [0.1, 0.15) is 11.3 Å². The van der Waals surface area contributed by atoms with Gasteiger partial charge in [0.15, 0.2) is 11.5 Å². The molecule has 1 unspecified atom stereocenters. The van der Waals surface area contributed by atoms with Gasteiger partial charge in [-0.1, -0.05) is 12.1 Å². The number of H-pyrrole nitrogens is 1. The van der Waals surface area contributed by atoms with E-state index in [4.69, 9.17) is 9.47 Å². The molecular formula is C21H20N2O5. The number of nitrogens with one attached hydrogen (secondary N) is 2. The molecule has 1 heterocycles. The van der Waals surface area contributed by atoms with E-state index >= 15 is 0 Å². The number of carbonyl (C=O) groups is 1. The SMILES string of the molecule is COc1cc2c(cc1OC)C(NC(=O)c1c(O)c3ccccc3[nH]c1=O)CC2. The van der Waals surface area contributed by atoms with Crippen molar-refractivity contribution in [2.24, 2.45) is 0 Å². The first-order valence-electron chi connectivity index (χ1n) is 8.93. The Morgan fingerprint density at radius 1 is 1.18 bits per heavy atom. The van der Waals surface area contributed by atoms with Crippen molar-refractivity contribution in [2.75, 3.05) is 14.2 Å². The molecule has 0 aliphatic heterocycles. The molecule has 4 rings (SSSR count). The van der Waals surface area contributed by atoms with Gasteiger partial charge in [0.05, 0.1) is 25.8 Å². The van der Waals surface area contributed by atoms with Crippen molar-refractivity contribution in [3.63, 3.8) is 0 Å². The van der Waals surface area contributed by atoms with Gasteiger partial charge < -0.3 is 24.9 Å². The lowest BCUT2D eigenvalue weighted by molar-refractivity contribution is 0.0932. The summed E-state index contributed by atoms with van der Waals surface area (Å²) in [7, 11) is 3.13. The van der Waals surface area contributed by atoms with Crippen molar-refractivity contribution in [3.05, 3.63) is 63.4 Å². The Labute approximate surface area is 160 Å². The van der Waals surface area contributed by atoms with E-state index < -0.39 is 11.5 Å². The number of carbonyl (C=O) groups excluding carboxylic acids is 1. The normalized spacial score (nSPS) is 15.3. The van der Waals surface area contributed by atoms with Gasteiger partial charge in [0.2, 0.25) is 0 Å². The number of fused-ring (bicyclic) bond motifs is 2. The summed E-state index contributed by atoms with van der Waals surface area (Å²) in [4.78, 5) is 27.9. The number of methoxy groups -OCH3 is 2. The third-order valence-corrected chi connectivity index (χ3v) is 5.15. The van der Waals surface area contributed by atoms with Crippen LogP contribution >= 0.6 is 0 Å². The van der Waals surface area contributed by atoms with Crippen LogP contribution < -0.4 is 20.3 Å². The maximum Gasteiger partial charge on any atom is 0.265 e. The van der Waals surface area contributed by atoms with E-state index in [0.29, 0.717) is 28.8 Å². The summed E-state index contributed by atoms with van der Waals surface area (Å²) in [6.07, 6.45) is 1.45. The quantitative estimate of drug-likeness (QED) is 0.646. The number of hydrogen-bond acceptors (Lipinski definition) is 5. The predicted octanol–water partition coefficient (Wildman–Crippen LogP) is 2.67. The molecule has 2 aromatic carbocycles. The average molecular weight is 380 g/mol. The molecule has 144 valence electrons. The fraction of sp³-hybridized carbons (Fsp3) is 0.238. The molecule has 0 saturated heterocycles. The lowest BCUT2D eigenvalue weighted by Gasteiger charge is -2.16. The molecule has 0 radical (unpaired) electrons. The number of amides is 1. The fourth-order valence-electron chi connectivity index (χ4n) is 3.75. The van der Waals surface area contributed by atoms with Gasteiger partial charge in [-0.2, -0.15) is 0 Å². The molecule has 0 fully saturated rings. The number of pyridine rings is 1. The first-order valence-corrected chi connectivity index (χ1v) is 8.93. The summed E-state index contributed by atoms with van der Waals surface area (Å²) in [5.41, 5.74) is 1.54. The molecule has 3 N–H and O–H groups in total. The Balaban J connectivity index is 1.68. The van der Waals surface area contributed by atoms with E-state index in [1.54, 1.807) is 38.5 Å². The van der Waals surface area contributed by atoms with Crippen molar-refractivity contribution in [3.8, 4) is 17.2 Å². The third-order valence-electron chi connectivity index (χ3n) is 5.15. The number of ether oxygens (including phenoxy) is 2. The minimum absolute atomic E-state index is 0.285. The van der Waals surface area contributed by atoms with Crippen LogP contribution in [0.15, 0.2) is 41.2 Å². The minimum atomic E-state index is -0.626. The number of hydrogen-bond donors (Lipinski definition) is 3. The van der Waals surface area contributed by atoms with Crippen molar-refractivity contribution in [1.82, 2.24) is 10.3 Å². The fourth-order valence-corrected chi connectivity index (χ4v) is 3.75. The van der Waals surface area contributed by atoms with E-state index in [2.05, 4.69) is 10.3 Å². The second-order valence-corrected chi connectivity index (χ2v) is 6.69. The summed E-state index contributed by atoms with van der Waals surface area (Å²) in [6, 6.07) is 10.3. The first kappa shape index (κ1) is 17.9. The van der Waals surface area contributed by atoms with Gasteiger partial charge in [-0.3, -0.25) is 9.59 Å². The highest BCUT2D eigenvalue weighted by Crippen LogP contribution is 2.39. The molecule has 1 atom stereocenters. The zero-order valence-corrected chi connectivity index (χ0v) is 15.5. The first-order chi connectivity index (χ1) is 13.5. The molecule has 7 nitrogen and oxygen atoms in total. The molecule has 1 aliphatic rings. The molecule has 7 heteroatoms. The Morgan fingerprint density at radius 3 is 2.64 bits per heavy atom. The Morgan fingerprint density at radius 2 is 1.89 bits per heavy atom. The van der Waals surface area contributed by atoms with Crippen molar-refractivity contribution >= 4 is 16.8 Å². The van der Waals surface area contributed by atoms with Crippen LogP contribution in [0.5, 0.6) is 17.2 Å². The summed E-state index contributed by atoms with van der Waals surface area (Å²) in [5.74, 6) is 0.283. The van der Waals surface area contributed by atoms with E-state index in [9.17, 15) is 14.7 Å². The minimum Gasteiger partial charge on any atom is -0.506 e. The standard InChI is InChI=1S/C21H20N2O5/c1-27-16-9-11-7-8-15(13(11)10-17(16)28-2)23-21(26)18-19(24)12-5-3-4-6-14(12)22-20(18)25/h3-6,9-10,15H,7-8H2,1-2H3,(H,23,26)(H2,22,24,25). The predicted molar refractivity (Wildman–Crippen MR) is 104 cm³/mol. The van der Waals surface area contributed by atoms with Crippen LogP contribution in [0.1, 0.15) is 33.9 Å². The number of benzene rings is 2. The number of aromatic hydroxyl groups is 1. The molecule has 1 aliphatic carbocycles. The van der Waals surface area contributed by atoms with Crippen LogP contribution in [-0.4, -0.2) is 30.2 Å². The highest BCUT2D eigenvalue weighted by atomic mass is 16.5. The Bertz CT molecular complexity index is 1140. The maximum atomic E-state index is 12.8. The average Bonchev–Trinajstić information content (AvgIpc) is 3.08. The third kappa shape index (κ3) is 2.85.